The van der Waals surface area contributed by atoms with Crippen LogP contribution in [0.1, 0.15) is 48.9 Å². The van der Waals surface area contributed by atoms with E-state index in [4.69, 9.17) is 5.73 Å². The molecule has 3 atom stereocenters. The van der Waals surface area contributed by atoms with Crippen LogP contribution in [0.4, 0.5) is 5.69 Å². The maximum absolute atomic E-state index is 12.8. The maximum Gasteiger partial charge on any atom is 0.253 e. The molecule has 148 valence electrons. The average Bonchev–Trinajstić information content (AvgIpc) is 2.67. The first-order chi connectivity index (χ1) is 12.9. The van der Waals surface area contributed by atoms with Gasteiger partial charge in [-0.25, -0.2) is 0 Å². The summed E-state index contributed by atoms with van der Waals surface area (Å²) in [4.78, 5) is 29.3. The Morgan fingerprint density at radius 2 is 1.89 bits per heavy atom. The van der Waals surface area contributed by atoms with Gasteiger partial charge < -0.3 is 20.9 Å². The monoisotopic (exact) mass is 372 g/mol. The smallest absolute Gasteiger partial charge is 0.253 e. The quantitative estimate of drug-likeness (QED) is 0.850. The summed E-state index contributed by atoms with van der Waals surface area (Å²) in [6.07, 6.45) is 5.83. The molecule has 0 radical (unpaired) electrons. The maximum atomic E-state index is 12.8. The number of rotatable bonds is 4. The van der Waals surface area contributed by atoms with E-state index in [0.717, 1.165) is 57.3 Å². The van der Waals surface area contributed by atoms with Gasteiger partial charge in [0.1, 0.15) is 0 Å². The lowest BCUT2D eigenvalue weighted by Gasteiger charge is -2.35. The molecule has 3 N–H and O–H groups in total. The Morgan fingerprint density at radius 1 is 1.15 bits per heavy atom. The number of carbonyl (C=O) groups excluding carboxylic acids is 2. The van der Waals surface area contributed by atoms with Gasteiger partial charge in [-0.1, -0.05) is 6.42 Å². The fourth-order valence-corrected chi connectivity index (χ4v) is 4.23. The minimum atomic E-state index is -0.00974. The van der Waals surface area contributed by atoms with Gasteiger partial charge in [-0.3, -0.25) is 9.59 Å². The van der Waals surface area contributed by atoms with Crippen molar-refractivity contribution in [3.63, 3.8) is 0 Å². The number of nitrogens with two attached hydrogens (primary N) is 1. The van der Waals surface area contributed by atoms with Crippen molar-refractivity contribution in [2.45, 2.75) is 50.6 Å². The number of amides is 2. The molecule has 0 aromatic heterocycles. The molecule has 1 saturated carbocycles. The zero-order valence-electron chi connectivity index (χ0n) is 16.5. The third-order valence-electron chi connectivity index (χ3n) is 5.95. The van der Waals surface area contributed by atoms with E-state index in [1.54, 1.807) is 12.1 Å². The Morgan fingerprint density at radius 3 is 2.56 bits per heavy atom. The minimum Gasteiger partial charge on any atom is -0.337 e. The van der Waals surface area contributed by atoms with Crippen molar-refractivity contribution in [2.24, 2.45) is 11.7 Å². The Labute approximate surface area is 162 Å². The zero-order chi connectivity index (χ0) is 19.4. The summed E-state index contributed by atoms with van der Waals surface area (Å²) >= 11 is 0. The number of piperidine rings is 1. The number of likely N-dealkylation sites (tertiary alicyclic amines) is 1. The minimum absolute atomic E-state index is 0.00974. The highest BCUT2D eigenvalue weighted by atomic mass is 16.2. The second-order valence-electron chi connectivity index (χ2n) is 8.16. The lowest BCUT2D eigenvalue weighted by atomic mass is 9.85. The van der Waals surface area contributed by atoms with Crippen LogP contribution in [-0.2, 0) is 4.79 Å². The van der Waals surface area contributed by atoms with Crippen LogP contribution in [0.15, 0.2) is 24.3 Å². The van der Waals surface area contributed by atoms with Gasteiger partial charge in [0.15, 0.2) is 0 Å². The summed E-state index contributed by atoms with van der Waals surface area (Å²) in [6.45, 7) is 2.01. The molecule has 3 rings (SSSR count). The van der Waals surface area contributed by atoms with Crippen LogP contribution in [0.5, 0.6) is 0 Å². The van der Waals surface area contributed by atoms with E-state index in [-0.39, 0.29) is 29.8 Å². The van der Waals surface area contributed by atoms with Gasteiger partial charge in [0.05, 0.1) is 0 Å². The topological polar surface area (TPSA) is 78.7 Å². The van der Waals surface area contributed by atoms with Crippen LogP contribution < -0.4 is 11.1 Å². The molecule has 2 amide bonds. The van der Waals surface area contributed by atoms with Crippen molar-refractivity contribution < 1.29 is 9.59 Å². The van der Waals surface area contributed by atoms with Crippen molar-refractivity contribution in [1.82, 2.24) is 9.80 Å². The molecule has 0 spiro atoms. The molecule has 1 aromatic rings. The molecule has 1 saturated heterocycles. The van der Waals surface area contributed by atoms with Gasteiger partial charge in [0.25, 0.3) is 5.91 Å². The van der Waals surface area contributed by atoms with E-state index in [2.05, 4.69) is 17.3 Å². The van der Waals surface area contributed by atoms with Crippen LogP contribution in [0.2, 0.25) is 0 Å². The predicted octanol–water partition coefficient (Wildman–Crippen LogP) is 2.31. The number of likely N-dealkylation sites (N-methyl/N-ethyl adjacent to an activating group) is 2. The van der Waals surface area contributed by atoms with Gasteiger partial charge in [0.2, 0.25) is 5.91 Å². The first-order valence-electron chi connectivity index (χ1n) is 10.1. The van der Waals surface area contributed by atoms with Crippen molar-refractivity contribution in [2.75, 3.05) is 32.5 Å². The van der Waals surface area contributed by atoms with E-state index >= 15 is 0 Å². The number of nitrogens with one attached hydrogen (secondary N) is 1. The SMILES string of the molecule is CN1CCCC(N(C)C(=O)c2ccc(NC(=O)C3CCCC(N)C3)cc2)C1. The Kier molecular flexibility index (Phi) is 6.50. The number of benzene rings is 1. The highest BCUT2D eigenvalue weighted by Crippen LogP contribution is 2.25. The molecule has 1 heterocycles. The van der Waals surface area contributed by atoms with Gasteiger partial charge in [0, 0.05) is 42.8 Å². The van der Waals surface area contributed by atoms with Gasteiger partial charge in [-0.15, -0.1) is 0 Å². The van der Waals surface area contributed by atoms with Gasteiger partial charge in [-0.2, -0.15) is 0 Å². The Bertz CT molecular complexity index is 661. The third kappa shape index (κ3) is 5.08. The van der Waals surface area contributed by atoms with E-state index in [9.17, 15) is 9.59 Å². The molecule has 3 unspecified atom stereocenters. The lowest BCUT2D eigenvalue weighted by Crippen LogP contribution is -2.47. The van der Waals surface area contributed by atoms with Gasteiger partial charge >= 0.3 is 0 Å². The normalized spacial score (nSPS) is 26.4. The molecule has 6 nitrogen and oxygen atoms in total. The van der Waals surface area contributed by atoms with E-state index in [0.29, 0.717) is 5.56 Å². The van der Waals surface area contributed by atoms with Crippen LogP contribution in [0.3, 0.4) is 0 Å². The van der Waals surface area contributed by atoms with Crippen molar-refractivity contribution >= 4 is 17.5 Å². The fraction of sp³-hybridized carbons (Fsp3) is 0.619. The summed E-state index contributed by atoms with van der Waals surface area (Å²) in [6, 6.07) is 7.61. The summed E-state index contributed by atoms with van der Waals surface area (Å²) in [7, 11) is 3.98. The molecule has 2 aliphatic rings. The first-order valence-corrected chi connectivity index (χ1v) is 10.1. The van der Waals surface area contributed by atoms with Crippen molar-refractivity contribution in [3.8, 4) is 0 Å². The number of hydrogen-bond donors (Lipinski definition) is 2. The van der Waals surface area contributed by atoms with Crippen LogP contribution in [0.25, 0.3) is 0 Å². The van der Waals surface area contributed by atoms with E-state index in [1.165, 1.54) is 0 Å². The Balaban J connectivity index is 1.57. The summed E-state index contributed by atoms with van der Waals surface area (Å²) in [5.41, 5.74) is 7.37. The second kappa shape index (κ2) is 8.85. The summed E-state index contributed by atoms with van der Waals surface area (Å²) in [5.74, 6) is 0.0579. The van der Waals surface area contributed by atoms with Crippen LogP contribution >= 0.6 is 0 Å². The summed E-state index contributed by atoms with van der Waals surface area (Å²) in [5, 5.41) is 2.97. The number of carbonyl (C=O) groups is 2. The largest absolute Gasteiger partial charge is 0.337 e. The van der Waals surface area contributed by atoms with Crippen molar-refractivity contribution in [1.29, 1.82) is 0 Å². The first kappa shape index (κ1) is 19.8. The number of nitrogens with zero attached hydrogens (tertiary/aromatic N) is 2. The molecule has 1 aliphatic carbocycles. The zero-order valence-corrected chi connectivity index (χ0v) is 16.5. The highest BCUT2D eigenvalue weighted by Gasteiger charge is 2.26. The lowest BCUT2D eigenvalue weighted by molar-refractivity contribution is -0.120. The third-order valence-corrected chi connectivity index (χ3v) is 5.95. The molecule has 27 heavy (non-hydrogen) atoms. The number of anilines is 1. The predicted molar refractivity (Wildman–Crippen MR) is 108 cm³/mol. The van der Waals surface area contributed by atoms with E-state index in [1.807, 2.05) is 24.1 Å². The van der Waals surface area contributed by atoms with Gasteiger partial charge in [-0.05, 0) is 70.0 Å². The standard InChI is InChI=1S/C21H32N4O2/c1-24-12-4-7-19(14-24)25(2)21(27)15-8-10-18(11-9-15)23-20(26)16-5-3-6-17(22)13-16/h8-11,16-17,19H,3-7,12-14,22H2,1-2H3,(H,23,26). The molecule has 1 aliphatic heterocycles. The molecule has 1 aromatic carbocycles. The summed E-state index contributed by atoms with van der Waals surface area (Å²) < 4.78 is 0. The van der Waals surface area contributed by atoms with Crippen LogP contribution in [-0.4, -0.2) is 60.9 Å². The molecular weight excluding hydrogens is 340 g/mol. The molecule has 6 heteroatoms. The highest BCUT2D eigenvalue weighted by molar-refractivity contribution is 5.96. The van der Waals surface area contributed by atoms with E-state index < -0.39 is 0 Å². The Hall–Kier alpha value is -1.92. The molecule has 2 fully saturated rings. The van der Waals surface area contributed by atoms with Crippen molar-refractivity contribution in [3.05, 3.63) is 29.8 Å². The number of hydrogen-bond acceptors (Lipinski definition) is 4. The fourth-order valence-electron chi connectivity index (χ4n) is 4.23. The van der Waals surface area contributed by atoms with Crippen LogP contribution in [0, 0.1) is 5.92 Å². The average molecular weight is 373 g/mol. The molecular formula is C21H32N4O2. The second-order valence-corrected chi connectivity index (χ2v) is 8.16. The molecule has 0 bridgehead atoms.